The van der Waals surface area contributed by atoms with Crippen LogP contribution in [-0.4, -0.2) is 18.8 Å². The van der Waals surface area contributed by atoms with Crippen LogP contribution in [0.1, 0.15) is 42.5 Å². The van der Waals surface area contributed by atoms with Crippen LogP contribution in [0, 0.1) is 0 Å². The molecule has 1 aromatic heterocycles. The fraction of sp³-hybridized carbons (Fsp3) is 0.444. The van der Waals surface area contributed by atoms with E-state index in [0.29, 0.717) is 12.6 Å². The zero-order valence-corrected chi connectivity index (χ0v) is 14.0. The molecule has 22 heavy (non-hydrogen) atoms. The third-order valence-electron chi connectivity index (χ3n) is 4.50. The number of methoxy groups -OCH3 is 1. The van der Waals surface area contributed by atoms with E-state index in [1.54, 1.807) is 18.4 Å². The summed E-state index contributed by atoms with van der Waals surface area (Å²) in [6.07, 6.45) is 3.38. The normalized spacial score (nSPS) is 20.2. The van der Waals surface area contributed by atoms with Gasteiger partial charge in [-0.3, -0.25) is 0 Å². The van der Waals surface area contributed by atoms with Gasteiger partial charge in [0.25, 0.3) is 0 Å². The molecular formula is C18H23NO2S. The Labute approximate surface area is 136 Å². The second kappa shape index (κ2) is 6.41. The molecule has 2 N–H and O–H groups in total. The van der Waals surface area contributed by atoms with Crippen LogP contribution in [0.5, 0.6) is 5.75 Å². The molecule has 0 bridgehead atoms. The Bertz CT molecular complexity index is 622. The summed E-state index contributed by atoms with van der Waals surface area (Å²) in [6, 6.07) is 8.62. The number of aliphatic hydroxyl groups is 1. The van der Waals surface area contributed by atoms with Crippen LogP contribution in [0.15, 0.2) is 35.0 Å². The lowest BCUT2D eigenvalue weighted by Crippen LogP contribution is -2.38. The van der Waals surface area contributed by atoms with Gasteiger partial charge in [-0.2, -0.15) is 11.3 Å². The molecule has 0 saturated carbocycles. The van der Waals surface area contributed by atoms with Gasteiger partial charge in [0.2, 0.25) is 0 Å². The highest BCUT2D eigenvalue weighted by Gasteiger charge is 2.27. The minimum atomic E-state index is -0.829. The summed E-state index contributed by atoms with van der Waals surface area (Å²) in [5.41, 5.74) is 2.85. The van der Waals surface area contributed by atoms with Gasteiger partial charge in [-0.15, -0.1) is 0 Å². The molecule has 0 spiro atoms. The fourth-order valence-corrected chi connectivity index (χ4v) is 3.91. The number of thiophene rings is 1. The minimum absolute atomic E-state index is 0.305. The summed E-state index contributed by atoms with van der Waals surface area (Å²) in [5.74, 6) is 0.921. The molecule has 4 heteroatoms. The lowest BCUT2D eigenvalue weighted by molar-refractivity contribution is 0.0535. The number of nitrogens with one attached hydrogen (secondary N) is 1. The molecule has 3 rings (SSSR count). The highest BCUT2D eigenvalue weighted by molar-refractivity contribution is 7.08. The molecule has 1 aromatic carbocycles. The van der Waals surface area contributed by atoms with Crippen LogP contribution in [0.3, 0.4) is 0 Å². The number of hydrogen-bond donors (Lipinski definition) is 2. The molecule has 0 aliphatic heterocycles. The van der Waals surface area contributed by atoms with Gasteiger partial charge in [-0.25, -0.2) is 0 Å². The number of ether oxygens (including phenoxy) is 1. The highest BCUT2D eigenvalue weighted by Crippen LogP contribution is 2.33. The Morgan fingerprint density at radius 2 is 2.27 bits per heavy atom. The second-order valence-corrected chi connectivity index (χ2v) is 6.96. The Balaban J connectivity index is 1.72. The van der Waals surface area contributed by atoms with E-state index in [0.717, 1.165) is 24.2 Å². The lowest BCUT2D eigenvalue weighted by Gasteiger charge is -2.31. The van der Waals surface area contributed by atoms with Crippen molar-refractivity contribution in [1.29, 1.82) is 0 Å². The molecule has 1 aliphatic carbocycles. The molecule has 1 aliphatic rings. The zero-order valence-electron chi connectivity index (χ0n) is 13.1. The van der Waals surface area contributed by atoms with Gasteiger partial charge in [-0.05, 0) is 71.8 Å². The Hall–Kier alpha value is -1.36. The van der Waals surface area contributed by atoms with Crippen molar-refractivity contribution in [2.45, 2.75) is 37.8 Å². The predicted molar refractivity (Wildman–Crippen MR) is 90.6 cm³/mol. The summed E-state index contributed by atoms with van der Waals surface area (Å²) < 4.78 is 5.32. The van der Waals surface area contributed by atoms with E-state index >= 15 is 0 Å². The third kappa shape index (κ3) is 3.19. The van der Waals surface area contributed by atoms with Crippen molar-refractivity contribution in [3.8, 4) is 5.75 Å². The van der Waals surface area contributed by atoms with Crippen molar-refractivity contribution in [2.75, 3.05) is 13.7 Å². The van der Waals surface area contributed by atoms with Gasteiger partial charge < -0.3 is 15.2 Å². The number of benzene rings is 1. The maximum Gasteiger partial charge on any atom is 0.119 e. The molecule has 2 unspecified atom stereocenters. The summed E-state index contributed by atoms with van der Waals surface area (Å²) >= 11 is 1.62. The third-order valence-corrected chi connectivity index (χ3v) is 5.18. The molecular weight excluding hydrogens is 294 g/mol. The van der Waals surface area contributed by atoms with E-state index in [1.807, 2.05) is 29.8 Å². The molecule has 1 heterocycles. The van der Waals surface area contributed by atoms with Crippen LogP contribution in [0.2, 0.25) is 0 Å². The van der Waals surface area contributed by atoms with E-state index in [2.05, 4.69) is 17.4 Å². The van der Waals surface area contributed by atoms with Crippen LogP contribution in [0.4, 0.5) is 0 Å². The number of rotatable bonds is 5. The number of hydrogen-bond acceptors (Lipinski definition) is 4. The van der Waals surface area contributed by atoms with Crippen LogP contribution < -0.4 is 10.1 Å². The smallest absolute Gasteiger partial charge is 0.119 e. The van der Waals surface area contributed by atoms with Crippen molar-refractivity contribution >= 4 is 11.3 Å². The van der Waals surface area contributed by atoms with Crippen molar-refractivity contribution in [2.24, 2.45) is 0 Å². The van der Waals surface area contributed by atoms with E-state index < -0.39 is 5.60 Å². The van der Waals surface area contributed by atoms with Gasteiger partial charge in [-0.1, -0.05) is 6.07 Å². The van der Waals surface area contributed by atoms with Gasteiger partial charge in [0.15, 0.2) is 0 Å². The Morgan fingerprint density at radius 3 is 3.00 bits per heavy atom. The molecule has 3 nitrogen and oxygen atoms in total. The molecule has 0 saturated heterocycles. The molecule has 2 aromatic rings. The second-order valence-electron chi connectivity index (χ2n) is 6.18. The van der Waals surface area contributed by atoms with Crippen LogP contribution >= 0.6 is 11.3 Å². The first kappa shape index (κ1) is 15.5. The standard InChI is InChI=1S/C18H23NO2S/c1-18(20,14-8-9-22-11-14)12-19-17-5-3-4-13-10-15(21-2)6-7-16(13)17/h6-11,17,19-20H,3-5,12H2,1-2H3. The van der Waals surface area contributed by atoms with Crippen LogP contribution in [0.25, 0.3) is 0 Å². The highest BCUT2D eigenvalue weighted by atomic mass is 32.1. The fourth-order valence-electron chi connectivity index (χ4n) is 3.12. The van der Waals surface area contributed by atoms with Crippen molar-refractivity contribution in [1.82, 2.24) is 5.32 Å². The first-order valence-electron chi connectivity index (χ1n) is 7.75. The molecule has 2 atom stereocenters. The van der Waals surface area contributed by atoms with E-state index in [4.69, 9.17) is 4.74 Å². The average Bonchev–Trinajstić information content (AvgIpc) is 3.07. The van der Waals surface area contributed by atoms with Gasteiger partial charge in [0.05, 0.1) is 7.11 Å². The SMILES string of the molecule is COc1ccc2c(c1)CCCC2NCC(C)(O)c1ccsc1. The lowest BCUT2D eigenvalue weighted by atomic mass is 9.87. The first-order chi connectivity index (χ1) is 10.6. The topological polar surface area (TPSA) is 41.5 Å². The van der Waals surface area contributed by atoms with E-state index in [-0.39, 0.29) is 0 Å². The predicted octanol–water partition coefficient (Wildman–Crippen LogP) is 3.63. The maximum absolute atomic E-state index is 10.7. The van der Waals surface area contributed by atoms with E-state index in [1.165, 1.54) is 17.5 Å². The van der Waals surface area contributed by atoms with Crippen molar-refractivity contribution in [3.63, 3.8) is 0 Å². The maximum atomic E-state index is 10.7. The quantitative estimate of drug-likeness (QED) is 0.885. The summed E-state index contributed by atoms with van der Waals surface area (Å²) in [4.78, 5) is 0. The number of aryl methyl sites for hydroxylation is 1. The molecule has 118 valence electrons. The van der Waals surface area contributed by atoms with Crippen molar-refractivity contribution < 1.29 is 9.84 Å². The van der Waals surface area contributed by atoms with Crippen LogP contribution in [-0.2, 0) is 12.0 Å². The average molecular weight is 317 g/mol. The van der Waals surface area contributed by atoms with Gasteiger partial charge >= 0.3 is 0 Å². The summed E-state index contributed by atoms with van der Waals surface area (Å²) in [6.45, 7) is 2.43. The number of fused-ring (bicyclic) bond motifs is 1. The zero-order chi connectivity index (χ0) is 15.6. The molecule has 0 amide bonds. The van der Waals surface area contributed by atoms with E-state index in [9.17, 15) is 5.11 Å². The first-order valence-corrected chi connectivity index (χ1v) is 8.70. The summed E-state index contributed by atoms with van der Waals surface area (Å²) in [7, 11) is 1.71. The van der Waals surface area contributed by atoms with Gasteiger partial charge in [0.1, 0.15) is 11.4 Å². The Kier molecular flexibility index (Phi) is 4.52. The minimum Gasteiger partial charge on any atom is -0.497 e. The molecule has 0 fully saturated rings. The Morgan fingerprint density at radius 1 is 1.41 bits per heavy atom. The monoisotopic (exact) mass is 317 g/mol. The van der Waals surface area contributed by atoms with Crippen molar-refractivity contribution in [3.05, 3.63) is 51.7 Å². The largest absolute Gasteiger partial charge is 0.497 e. The van der Waals surface area contributed by atoms with Gasteiger partial charge in [0, 0.05) is 12.6 Å². The molecule has 0 radical (unpaired) electrons. The summed E-state index contributed by atoms with van der Waals surface area (Å²) in [5, 5.41) is 18.2.